The number of epoxide rings is 1. The van der Waals surface area contributed by atoms with E-state index in [0.29, 0.717) is 5.56 Å². The normalized spacial score (nSPS) is 23.3. The number of rotatable bonds is 3. The lowest BCUT2D eigenvalue weighted by Gasteiger charge is -2.13. The molecule has 1 fully saturated rings. The van der Waals surface area contributed by atoms with Crippen molar-refractivity contribution in [3.05, 3.63) is 29.8 Å². The zero-order valence-corrected chi connectivity index (χ0v) is 10.7. The zero-order valence-electron chi connectivity index (χ0n) is 10.7. The van der Waals surface area contributed by atoms with Gasteiger partial charge in [0.05, 0.1) is 13.2 Å². The van der Waals surface area contributed by atoms with Gasteiger partial charge in [0.15, 0.2) is 5.78 Å². The van der Waals surface area contributed by atoms with Gasteiger partial charge in [-0.05, 0) is 29.7 Å². The second-order valence-corrected chi connectivity index (χ2v) is 5.44. The van der Waals surface area contributed by atoms with E-state index in [2.05, 4.69) is 20.8 Å². The van der Waals surface area contributed by atoms with Crippen molar-refractivity contribution in [1.82, 2.24) is 0 Å². The minimum atomic E-state index is -0.275. The Hall–Kier alpha value is -1.35. The summed E-state index contributed by atoms with van der Waals surface area (Å²) in [6.45, 7) is 6.25. The first kappa shape index (κ1) is 12.1. The van der Waals surface area contributed by atoms with Crippen LogP contribution in [-0.4, -0.2) is 25.1 Å². The van der Waals surface area contributed by atoms with E-state index in [9.17, 15) is 4.79 Å². The summed E-state index contributed by atoms with van der Waals surface area (Å²) in [6.07, 6.45) is -0.236. The smallest absolute Gasteiger partial charge is 0.194 e. The summed E-state index contributed by atoms with van der Waals surface area (Å²) >= 11 is 0. The molecule has 0 aliphatic carbocycles. The molecule has 3 nitrogen and oxygen atoms in total. The number of ketones is 1. The molecule has 92 valence electrons. The van der Waals surface area contributed by atoms with E-state index in [1.165, 1.54) is 0 Å². The van der Waals surface area contributed by atoms with Crippen molar-refractivity contribution in [2.75, 3.05) is 7.11 Å². The van der Waals surface area contributed by atoms with Crippen LogP contribution in [0.5, 0.6) is 5.75 Å². The van der Waals surface area contributed by atoms with Crippen molar-refractivity contribution in [2.45, 2.75) is 33.0 Å². The highest BCUT2D eigenvalue weighted by molar-refractivity contribution is 6.01. The third kappa shape index (κ3) is 2.50. The molecule has 2 rings (SSSR count). The Morgan fingerprint density at radius 2 is 1.82 bits per heavy atom. The molecule has 0 saturated carbocycles. The van der Waals surface area contributed by atoms with E-state index in [-0.39, 0.29) is 23.4 Å². The highest BCUT2D eigenvalue weighted by atomic mass is 16.6. The Labute approximate surface area is 102 Å². The largest absolute Gasteiger partial charge is 0.497 e. The Morgan fingerprint density at radius 3 is 2.24 bits per heavy atom. The topological polar surface area (TPSA) is 38.8 Å². The van der Waals surface area contributed by atoms with Gasteiger partial charge in [-0.1, -0.05) is 20.8 Å². The number of Topliss-reactive ketones (excluding diaryl/α,β-unsaturated/α-hetero) is 1. The lowest BCUT2D eigenvalue weighted by molar-refractivity contribution is 0.0953. The number of methoxy groups -OCH3 is 1. The summed E-state index contributed by atoms with van der Waals surface area (Å²) in [5.41, 5.74) is 0.704. The van der Waals surface area contributed by atoms with E-state index in [1.54, 1.807) is 31.4 Å². The van der Waals surface area contributed by atoms with Gasteiger partial charge < -0.3 is 9.47 Å². The van der Waals surface area contributed by atoms with Gasteiger partial charge in [-0.3, -0.25) is 4.79 Å². The maximum atomic E-state index is 12.1. The van der Waals surface area contributed by atoms with E-state index in [1.807, 2.05) is 0 Å². The van der Waals surface area contributed by atoms with Crippen molar-refractivity contribution < 1.29 is 14.3 Å². The third-order valence-corrected chi connectivity index (χ3v) is 2.98. The van der Waals surface area contributed by atoms with E-state index in [4.69, 9.17) is 9.47 Å². The summed E-state index contributed by atoms with van der Waals surface area (Å²) in [6, 6.07) is 7.15. The lowest BCUT2D eigenvalue weighted by atomic mass is 9.88. The van der Waals surface area contributed by atoms with Crippen LogP contribution in [0.1, 0.15) is 31.1 Å². The average Bonchev–Trinajstić information content (AvgIpc) is 3.08. The standard InChI is InChI=1S/C14H18O3/c1-14(2,3)13-12(17-13)11(15)9-5-7-10(16-4)8-6-9/h5-8,12-13H,1-4H3/t12-,13+/m1/s1. The van der Waals surface area contributed by atoms with Gasteiger partial charge in [0.2, 0.25) is 0 Å². The van der Waals surface area contributed by atoms with Crippen LogP contribution in [0.15, 0.2) is 24.3 Å². The molecule has 1 heterocycles. The molecule has 0 radical (unpaired) electrons. The molecule has 1 aliphatic rings. The van der Waals surface area contributed by atoms with Crippen molar-refractivity contribution in [3.63, 3.8) is 0 Å². The molecule has 3 heteroatoms. The first-order valence-corrected chi connectivity index (χ1v) is 5.77. The molecule has 0 amide bonds. The molecule has 1 aliphatic heterocycles. The van der Waals surface area contributed by atoms with Gasteiger partial charge in [0.25, 0.3) is 0 Å². The maximum absolute atomic E-state index is 12.1. The third-order valence-electron chi connectivity index (χ3n) is 2.98. The lowest BCUT2D eigenvalue weighted by Crippen LogP contribution is -2.20. The van der Waals surface area contributed by atoms with Gasteiger partial charge in [-0.15, -0.1) is 0 Å². The Bertz CT molecular complexity index is 414. The molecule has 0 aromatic heterocycles. The van der Waals surface area contributed by atoms with Gasteiger partial charge >= 0.3 is 0 Å². The van der Waals surface area contributed by atoms with E-state index >= 15 is 0 Å². The van der Waals surface area contributed by atoms with Crippen LogP contribution in [0.3, 0.4) is 0 Å². The van der Waals surface area contributed by atoms with Crippen LogP contribution in [0.2, 0.25) is 0 Å². The van der Waals surface area contributed by atoms with Gasteiger partial charge in [0, 0.05) is 5.56 Å². The quantitative estimate of drug-likeness (QED) is 0.596. The minimum absolute atomic E-state index is 0.0206. The summed E-state index contributed by atoms with van der Waals surface area (Å²) < 4.78 is 10.5. The molecule has 2 atom stereocenters. The van der Waals surface area contributed by atoms with Crippen molar-refractivity contribution >= 4 is 5.78 Å². The number of ether oxygens (including phenoxy) is 2. The molecule has 0 bridgehead atoms. The SMILES string of the molecule is COc1ccc(C(=O)[C@H]2O[C@@H]2C(C)(C)C)cc1. The average molecular weight is 234 g/mol. The summed E-state index contributed by atoms with van der Waals surface area (Å²) in [7, 11) is 1.61. The maximum Gasteiger partial charge on any atom is 0.194 e. The first-order chi connectivity index (χ1) is 7.93. The fourth-order valence-corrected chi connectivity index (χ4v) is 1.89. The Balaban J connectivity index is 2.06. The fraction of sp³-hybridized carbons (Fsp3) is 0.500. The highest BCUT2D eigenvalue weighted by Crippen LogP contribution is 2.39. The molecule has 1 saturated heterocycles. The van der Waals surface area contributed by atoms with Crippen molar-refractivity contribution in [1.29, 1.82) is 0 Å². The second-order valence-electron chi connectivity index (χ2n) is 5.44. The molecular weight excluding hydrogens is 216 g/mol. The molecular formula is C14H18O3. The van der Waals surface area contributed by atoms with Crippen LogP contribution in [0.4, 0.5) is 0 Å². The summed E-state index contributed by atoms with van der Waals surface area (Å²) in [4.78, 5) is 12.1. The summed E-state index contributed by atoms with van der Waals surface area (Å²) in [5.74, 6) is 0.818. The molecule has 1 aromatic carbocycles. The van der Waals surface area contributed by atoms with Crippen LogP contribution in [0, 0.1) is 5.41 Å². The Kier molecular flexibility index (Phi) is 2.96. The van der Waals surface area contributed by atoms with Crippen LogP contribution in [0.25, 0.3) is 0 Å². The number of hydrogen-bond donors (Lipinski definition) is 0. The van der Waals surface area contributed by atoms with Gasteiger partial charge in [-0.2, -0.15) is 0 Å². The fourth-order valence-electron chi connectivity index (χ4n) is 1.89. The first-order valence-electron chi connectivity index (χ1n) is 5.77. The molecule has 0 N–H and O–H groups in total. The molecule has 17 heavy (non-hydrogen) atoms. The van der Waals surface area contributed by atoms with Gasteiger partial charge in [-0.25, -0.2) is 0 Å². The number of carbonyl (C=O) groups is 1. The molecule has 1 aromatic rings. The van der Waals surface area contributed by atoms with Crippen molar-refractivity contribution in [3.8, 4) is 5.75 Å². The van der Waals surface area contributed by atoms with E-state index < -0.39 is 0 Å². The Morgan fingerprint density at radius 1 is 1.24 bits per heavy atom. The number of benzene rings is 1. The number of carbonyl (C=O) groups excluding carboxylic acids is 1. The predicted octanol–water partition coefficient (Wildman–Crippen LogP) is 2.69. The van der Waals surface area contributed by atoms with Crippen molar-refractivity contribution in [2.24, 2.45) is 5.41 Å². The van der Waals surface area contributed by atoms with Crippen LogP contribution in [-0.2, 0) is 4.74 Å². The summed E-state index contributed by atoms with van der Waals surface area (Å²) in [5, 5.41) is 0. The van der Waals surface area contributed by atoms with Crippen LogP contribution >= 0.6 is 0 Å². The monoisotopic (exact) mass is 234 g/mol. The van der Waals surface area contributed by atoms with Crippen LogP contribution < -0.4 is 4.74 Å². The molecule has 0 unspecified atom stereocenters. The number of hydrogen-bond acceptors (Lipinski definition) is 3. The molecule has 0 spiro atoms. The van der Waals surface area contributed by atoms with Gasteiger partial charge in [0.1, 0.15) is 11.9 Å². The zero-order chi connectivity index (χ0) is 12.6. The van der Waals surface area contributed by atoms with E-state index in [0.717, 1.165) is 5.75 Å². The second kappa shape index (κ2) is 4.15. The predicted molar refractivity (Wildman–Crippen MR) is 65.4 cm³/mol. The minimum Gasteiger partial charge on any atom is -0.497 e. The highest BCUT2D eigenvalue weighted by Gasteiger charge is 2.51.